The highest BCUT2D eigenvalue weighted by molar-refractivity contribution is 6.31. The molecule has 27 heavy (non-hydrogen) atoms. The average molecular weight is 380 g/mol. The first-order valence-corrected chi connectivity index (χ1v) is 8.61. The summed E-state index contributed by atoms with van der Waals surface area (Å²) in [5.74, 6) is -0.406. The molecule has 0 bridgehead atoms. The summed E-state index contributed by atoms with van der Waals surface area (Å²) in [6.07, 6.45) is 2.66. The zero-order valence-electron chi connectivity index (χ0n) is 14.6. The Kier molecular flexibility index (Phi) is 4.16. The van der Waals surface area contributed by atoms with Gasteiger partial charge >= 0.3 is 5.97 Å². The number of carbonyl (C=O) groups is 1. The second kappa shape index (κ2) is 6.52. The molecule has 0 saturated heterocycles. The highest BCUT2D eigenvalue weighted by Crippen LogP contribution is 2.22. The fraction of sp³-hybridized carbons (Fsp3) is 0.0952. The van der Waals surface area contributed by atoms with Gasteiger partial charge in [0.25, 0.3) is 0 Å². The Morgan fingerprint density at radius 2 is 1.85 bits per heavy atom. The van der Waals surface area contributed by atoms with Crippen molar-refractivity contribution in [1.29, 1.82) is 0 Å². The molecule has 2 heterocycles. The van der Waals surface area contributed by atoms with Gasteiger partial charge in [0, 0.05) is 10.6 Å². The Hall–Kier alpha value is -3.18. The van der Waals surface area contributed by atoms with Gasteiger partial charge < -0.3 is 9.15 Å². The molecule has 0 aliphatic carbocycles. The van der Waals surface area contributed by atoms with Crippen molar-refractivity contribution < 1.29 is 13.9 Å². The van der Waals surface area contributed by atoms with E-state index in [2.05, 4.69) is 4.99 Å². The minimum absolute atomic E-state index is 0.0388. The van der Waals surface area contributed by atoms with Crippen molar-refractivity contribution in [3.8, 4) is 0 Å². The lowest BCUT2D eigenvalue weighted by Gasteiger charge is -2.03. The molecule has 1 aliphatic heterocycles. The molecule has 0 spiro atoms. The number of benzene rings is 2. The highest BCUT2D eigenvalue weighted by Gasteiger charge is 2.25. The lowest BCUT2D eigenvalue weighted by Crippen LogP contribution is -2.07. The number of halogens is 1. The topological polar surface area (TPSA) is 68.9 Å². The normalized spacial score (nSPS) is 15.3. The third-order valence-electron chi connectivity index (χ3n) is 4.43. The van der Waals surface area contributed by atoms with Crippen molar-refractivity contribution in [2.24, 2.45) is 4.99 Å². The van der Waals surface area contributed by atoms with Gasteiger partial charge in [-0.05, 0) is 61.4 Å². The summed E-state index contributed by atoms with van der Waals surface area (Å²) in [6, 6.07) is 10.5. The van der Waals surface area contributed by atoms with E-state index in [0.717, 1.165) is 11.1 Å². The van der Waals surface area contributed by atoms with Crippen LogP contribution in [0.1, 0.15) is 22.3 Å². The molecule has 1 aromatic heterocycles. The third kappa shape index (κ3) is 3.17. The van der Waals surface area contributed by atoms with Crippen LogP contribution in [0.5, 0.6) is 0 Å². The summed E-state index contributed by atoms with van der Waals surface area (Å²) >= 11 is 5.96. The molecule has 2 aromatic carbocycles. The molecule has 0 fully saturated rings. The van der Waals surface area contributed by atoms with Crippen LogP contribution in [0.3, 0.4) is 0 Å². The summed E-state index contributed by atoms with van der Waals surface area (Å²) < 4.78 is 10.7. The van der Waals surface area contributed by atoms with Crippen LogP contribution < -0.4 is 5.43 Å². The Bertz CT molecular complexity index is 1220. The van der Waals surface area contributed by atoms with E-state index in [-0.39, 0.29) is 22.6 Å². The molecule has 0 amide bonds. The van der Waals surface area contributed by atoms with Crippen molar-refractivity contribution >= 4 is 40.5 Å². The number of hydrogen-bond acceptors (Lipinski definition) is 5. The van der Waals surface area contributed by atoms with Crippen LogP contribution in [0.2, 0.25) is 5.02 Å². The molecule has 134 valence electrons. The van der Waals surface area contributed by atoms with Gasteiger partial charge in [-0.1, -0.05) is 17.7 Å². The number of hydrogen-bond donors (Lipinski definition) is 0. The van der Waals surface area contributed by atoms with Crippen molar-refractivity contribution in [3.05, 3.63) is 85.9 Å². The second-order valence-corrected chi connectivity index (χ2v) is 6.73. The van der Waals surface area contributed by atoms with Crippen LogP contribution >= 0.6 is 11.6 Å². The smallest absolute Gasteiger partial charge is 0.363 e. The van der Waals surface area contributed by atoms with Gasteiger partial charge in [0.2, 0.25) is 5.90 Å². The van der Waals surface area contributed by atoms with Crippen LogP contribution in [0.25, 0.3) is 17.0 Å². The summed E-state index contributed by atoms with van der Waals surface area (Å²) in [6.45, 7) is 3.97. The predicted octanol–water partition coefficient (Wildman–Crippen LogP) is 4.41. The lowest BCUT2D eigenvalue weighted by atomic mass is 10.1. The minimum atomic E-state index is -0.617. The maximum absolute atomic E-state index is 12.6. The molecule has 1 aliphatic rings. The third-order valence-corrected chi connectivity index (χ3v) is 4.66. The molecule has 0 radical (unpaired) electrons. The summed E-state index contributed by atoms with van der Waals surface area (Å²) in [5, 5.41) is 0.761. The van der Waals surface area contributed by atoms with Crippen molar-refractivity contribution in [1.82, 2.24) is 0 Å². The maximum atomic E-state index is 12.6. The molecule has 5 nitrogen and oxygen atoms in total. The van der Waals surface area contributed by atoms with Crippen LogP contribution in [0.4, 0.5) is 0 Å². The maximum Gasteiger partial charge on any atom is 0.363 e. The van der Waals surface area contributed by atoms with Crippen LogP contribution in [0.15, 0.2) is 62.6 Å². The fourth-order valence-electron chi connectivity index (χ4n) is 2.77. The number of ether oxygens (including phenoxy) is 1. The van der Waals surface area contributed by atoms with E-state index in [4.69, 9.17) is 20.8 Å². The van der Waals surface area contributed by atoms with Gasteiger partial charge in [-0.15, -0.1) is 0 Å². The number of aryl methyl sites for hydroxylation is 2. The van der Waals surface area contributed by atoms with Gasteiger partial charge in [-0.25, -0.2) is 9.79 Å². The van der Waals surface area contributed by atoms with Crippen LogP contribution in [0, 0.1) is 13.8 Å². The van der Waals surface area contributed by atoms with Crippen LogP contribution in [-0.4, -0.2) is 11.9 Å². The number of aliphatic imine (C=N–C) groups is 1. The summed E-state index contributed by atoms with van der Waals surface area (Å²) in [5.41, 5.74) is 3.25. The fourth-order valence-corrected chi connectivity index (χ4v) is 2.94. The first-order chi connectivity index (χ1) is 12.9. The largest absolute Gasteiger partial charge is 0.463 e. The van der Waals surface area contributed by atoms with E-state index in [1.807, 2.05) is 32.0 Å². The van der Waals surface area contributed by atoms with E-state index < -0.39 is 5.97 Å². The first kappa shape index (κ1) is 17.2. The van der Waals surface area contributed by atoms with E-state index in [1.165, 1.54) is 18.4 Å². The van der Waals surface area contributed by atoms with E-state index in [0.29, 0.717) is 21.6 Å². The Balaban J connectivity index is 1.77. The van der Waals surface area contributed by atoms with Crippen molar-refractivity contribution in [3.63, 3.8) is 0 Å². The Morgan fingerprint density at radius 3 is 2.63 bits per heavy atom. The van der Waals surface area contributed by atoms with Gasteiger partial charge in [0.05, 0.1) is 10.9 Å². The SMILES string of the molecule is Cc1ccc(C2=N/C(=C\c3coc4ccc(Cl)cc4c3=O)C(=O)O2)cc1C. The average Bonchev–Trinajstić information content (AvgIpc) is 3.01. The summed E-state index contributed by atoms with van der Waals surface area (Å²) in [7, 11) is 0. The standard InChI is InChI=1S/C21H14ClNO4/c1-11-3-4-13(7-12(11)2)20-23-17(21(25)27-20)8-14-10-26-18-6-5-15(22)9-16(18)19(14)24/h3-10H,1-2H3/b17-8-. The first-order valence-electron chi connectivity index (χ1n) is 8.23. The minimum Gasteiger partial charge on any atom is -0.463 e. The molecule has 0 N–H and O–H groups in total. The molecular weight excluding hydrogens is 366 g/mol. The van der Waals surface area contributed by atoms with Gasteiger partial charge in [0.1, 0.15) is 11.8 Å². The van der Waals surface area contributed by atoms with E-state index in [1.54, 1.807) is 12.1 Å². The number of fused-ring (bicyclic) bond motifs is 1. The van der Waals surface area contributed by atoms with Gasteiger partial charge in [-0.3, -0.25) is 4.79 Å². The number of esters is 1. The van der Waals surface area contributed by atoms with Crippen molar-refractivity contribution in [2.75, 3.05) is 0 Å². The monoisotopic (exact) mass is 379 g/mol. The zero-order chi connectivity index (χ0) is 19.1. The molecular formula is C21H14ClNO4. The predicted molar refractivity (Wildman–Crippen MR) is 104 cm³/mol. The quantitative estimate of drug-likeness (QED) is 0.488. The number of nitrogens with zero attached hydrogens (tertiary/aromatic N) is 1. The zero-order valence-corrected chi connectivity index (χ0v) is 15.3. The second-order valence-electron chi connectivity index (χ2n) is 6.30. The molecule has 6 heteroatoms. The number of cyclic esters (lactones) is 1. The molecule has 0 atom stereocenters. The number of carbonyl (C=O) groups excluding carboxylic acids is 1. The van der Waals surface area contributed by atoms with Crippen LogP contribution in [-0.2, 0) is 9.53 Å². The molecule has 0 saturated carbocycles. The van der Waals surface area contributed by atoms with Gasteiger partial charge in [-0.2, -0.15) is 0 Å². The molecule has 3 aromatic rings. The summed E-state index contributed by atoms with van der Waals surface area (Å²) in [4.78, 5) is 29.1. The van der Waals surface area contributed by atoms with E-state index in [9.17, 15) is 9.59 Å². The van der Waals surface area contributed by atoms with Gasteiger partial charge in [0.15, 0.2) is 11.1 Å². The number of rotatable bonds is 2. The molecule has 0 unspecified atom stereocenters. The van der Waals surface area contributed by atoms with Crippen molar-refractivity contribution in [2.45, 2.75) is 13.8 Å². The highest BCUT2D eigenvalue weighted by atomic mass is 35.5. The molecule has 4 rings (SSSR count). The van der Waals surface area contributed by atoms with E-state index >= 15 is 0 Å². The Morgan fingerprint density at radius 1 is 1.04 bits per heavy atom. The lowest BCUT2D eigenvalue weighted by molar-refractivity contribution is -0.129. The Labute approximate surface area is 159 Å².